The molecule has 22 heavy (non-hydrogen) atoms. The van der Waals surface area contributed by atoms with Gasteiger partial charge < -0.3 is 11.1 Å². The largest absolute Gasteiger partial charge is 0.327 e. The maximum Gasteiger partial charge on any atom is 0.238 e. The van der Waals surface area contributed by atoms with Crippen LogP contribution in [0.4, 0.5) is 10.1 Å². The average Bonchev–Trinajstić information content (AvgIpc) is 2.37. The van der Waals surface area contributed by atoms with Crippen molar-refractivity contribution in [3.8, 4) is 0 Å². The van der Waals surface area contributed by atoms with Crippen molar-refractivity contribution >= 4 is 35.6 Å². The van der Waals surface area contributed by atoms with Gasteiger partial charge >= 0.3 is 0 Å². The first-order valence-electron chi connectivity index (χ1n) is 7.01. The fourth-order valence-electron chi connectivity index (χ4n) is 2.60. The number of halogens is 3. The topological polar surface area (TPSA) is 58.4 Å². The van der Waals surface area contributed by atoms with Gasteiger partial charge in [-0.3, -0.25) is 9.69 Å². The predicted molar refractivity (Wildman–Crippen MR) is 90.1 cm³/mol. The molecule has 1 fully saturated rings. The Bertz CT molecular complexity index is 540. The number of benzene rings is 1. The van der Waals surface area contributed by atoms with Crippen molar-refractivity contribution in [1.82, 2.24) is 4.90 Å². The van der Waals surface area contributed by atoms with Gasteiger partial charge in [0.15, 0.2) is 0 Å². The van der Waals surface area contributed by atoms with E-state index in [9.17, 15) is 9.18 Å². The van der Waals surface area contributed by atoms with Crippen LogP contribution in [0, 0.1) is 11.2 Å². The zero-order valence-corrected chi connectivity index (χ0v) is 14.3. The number of nitrogens with two attached hydrogens (primary N) is 1. The summed E-state index contributed by atoms with van der Waals surface area (Å²) in [6.45, 7) is 6.08. The second-order valence-electron chi connectivity index (χ2n) is 6.27. The van der Waals surface area contributed by atoms with Gasteiger partial charge in [0, 0.05) is 19.1 Å². The van der Waals surface area contributed by atoms with Gasteiger partial charge in [-0.25, -0.2) is 4.39 Å². The Morgan fingerprint density at radius 1 is 1.55 bits per heavy atom. The third-order valence-corrected chi connectivity index (χ3v) is 4.28. The van der Waals surface area contributed by atoms with Crippen molar-refractivity contribution in [3.05, 3.63) is 29.0 Å². The van der Waals surface area contributed by atoms with Crippen molar-refractivity contribution in [3.63, 3.8) is 0 Å². The van der Waals surface area contributed by atoms with Crippen LogP contribution in [0.2, 0.25) is 5.02 Å². The molecule has 124 valence electrons. The van der Waals surface area contributed by atoms with Crippen molar-refractivity contribution in [2.75, 3.05) is 25.0 Å². The number of carbonyl (C=O) groups excluding carboxylic acids is 1. The van der Waals surface area contributed by atoms with Crippen LogP contribution in [0.5, 0.6) is 0 Å². The van der Waals surface area contributed by atoms with E-state index in [1.54, 1.807) is 0 Å². The molecule has 1 heterocycles. The lowest BCUT2D eigenvalue weighted by Crippen LogP contribution is -2.53. The smallest absolute Gasteiger partial charge is 0.238 e. The monoisotopic (exact) mass is 349 g/mol. The molecule has 1 atom stereocenters. The molecule has 1 aromatic carbocycles. The van der Waals surface area contributed by atoms with Crippen molar-refractivity contribution in [2.45, 2.75) is 26.3 Å². The van der Waals surface area contributed by atoms with E-state index in [-0.39, 0.29) is 41.3 Å². The predicted octanol–water partition coefficient (Wildman–Crippen LogP) is 2.90. The van der Waals surface area contributed by atoms with Crippen LogP contribution in [-0.4, -0.2) is 36.5 Å². The van der Waals surface area contributed by atoms with Gasteiger partial charge in [-0.1, -0.05) is 25.4 Å². The lowest BCUT2D eigenvalue weighted by molar-refractivity contribution is -0.118. The van der Waals surface area contributed by atoms with Crippen LogP contribution in [0.25, 0.3) is 0 Å². The minimum Gasteiger partial charge on any atom is -0.327 e. The summed E-state index contributed by atoms with van der Waals surface area (Å²) in [6, 6.07) is 4.07. The van der Waals surface area contributed by atoms with E-state index in [1.807, 2.05) is 0 Å². The highest BCUT2D eigenvalue weighted by molar-refractivity contribution is 6.33. The Morgan fingerprint density at radius 3 is 2.82 bits per heavy atom. The minimum atomic E-state index is -0.426. The zero-order valence-electron chi connectivity index (χ0n) is 12.7. The van der Waals surface area contributed by atoms with E-state index < -0.39 is 5.82 Å². The average molecular weight is 350 g/mol. The Balaban J connectivity index is 0.00000242. The highest BCUT2D eigenvalue weighted by Crippen LogP contribution is 2.27. The molecular formula is C15H22Cl2FN3O. The van der Waals surface area contributed by atoms with Gasteiger partial charge in [0.25, 0.3) is 0 Å². The van der Waals surface area contributed by atoms with Gasteiger partial charge in [0.1, 0.15) is 5.82 Å². The maximum absolute atomic E-state index is 13.0. The molecule has 0 spiro atoms. The van der Waals surface area contributed by atoms with E-state index in [4.69, 9.17) is 17.3 Å². The summed E-state index contributed by atoms with van der Waals surface area (Å²) in [5, 5.41) is 2.91. The molecule has 0 aliphatic carbocycles. The number of anilines is 1. The molecule has 1 saturated heterocycles. The number of amides is 1. The number of nitrogens with one attached hydrogen (secondary N) is 1. The van der Waals surface area contributed by atoms with E-state index in [0.29, 0.717) is 5.69 Å². The maximum atomic E-state index is 13.0. The van der Waals surface area contributed by atoms with Crippen LogP contribution in [0.3, 0.4) is 0 Å². The normalized spacial score (nSPS) is 21.0. The molecule has 1 amide bonds. The molecule has 0 bridgehead atoms. The van der Waals surface area contributed by atoms with Gasteiger partial charge in [0.2, 0.25) is 5.91 Å². The first-order valence-corrected chi connectivity index (χ1v) is 7.38. The van der Waals surface area contributed by atoms with Crippen molar-refractivity contribution in [2.24, 2.45) is 11.1 Å². The van der Waals surface area contributed by atoms with Gasteiger partial charge in [0.05, 0.1) is 17.3 Å². The molecular weight excluding hydrogens is 328 g/mol. The number of hydrogen-bond acceptors (Lipinski definition) is 3. The molecule has 4 nitrogen and oxygen atoms in total. The molecule has 1 aliphatic heterocycles. The Labute approximate surface area is 141 Å². The van der Waals surface area contributed by atoms with Crippen LogP contribution < -0.4 is 11.1 Å². The molecule has 1 unspecified atom stereocenters. The van der Waals surface area contributed by atoms with Crippen LogP contribution in [-0.2, 0) is 4.79 Å². The molecule has 0 aromatic heterocycles. The first-order chi connectivity index (χ1) is 9.78. The Morgan fingerprint density at radius 2 is 2.23 bits per heavy atom. The summed E-state index contributed by atoms with van der Waals surface area (Å²) in [7, 11) is 0. The molecule has 0 saturated carbocycles. The second-order valence-corrected chi connectivity index (χ2v) is 6.67. The summed E-state index contributed by atoms with van der Waals surface area (Å²) in [4.78, 5) is 14.2. The minimum absolute atomic E-state index is 0. The van der Waals surface area contributed by atoms with Gasteiger partial charge in [-0.2, -0.15) is 0 Å². The Hall–Kier alpha value is -0.880. The highest BCUT2D eigenvalue weighted by Gasteiger charge is 2.33. The van der Waals surface area contributed by atoms with E-state index in [0.717, 1.165) is 19.5 Å². The molecule has 1 aromatic rings. The number of nitrogens with zero attached hydrogens (tertiary/aromatic N) is 1. The van der Waals surface area contributed by atoms with E-state index >= 15 is 0 Å². The molecule has 1 aliphatic rings. The SMILES string of the molecule is CC1(C)CN(CC(=O)Nc2ccc(F)cc2Cl)CCC1N.Cl. The molecule has 0 radical (unpaired) electrons. The fourth-order valence-corrected chi connectivity index (χ4v) is 2.82. The quantitative estimate of drug-likeness (QED) is 0.881. The third kappa shape index (κ3) is 4.81. The van der Waals surface area contributed by atoms with Gasteiger partial charge in [-0.05, 0) is 30.0 Å². The summed E-state index contributed by atoms with van der Waals surface area (Å²) >= 11 is 5.90. The first kappa shape index (κ1) is 19.2. The number of rotatable bonds is 3. The summed E-state index contributed by atoms with van der Waals surface area (Å²) in [6.07, 6.45) is 0.873. The van der Waals surface area contributed by atoms with E-state index in [1.165, 1.54) is 18.2 Å². The van der Waals surface area contributed by atoms with Crippen LogP contribution in [0.1, 0.15) is 20.3 Å². The third-order valence-electron chi connectivity index (χ3n) is 3.96. The summed E-state index contributed by atoms with van der Waals surface area (Å²) in [5.74, 6) is -0.584. The number of carbonyl (C=O) groups is 1. The Kier molecular flexibility index (Phi) is 6.62. The number of hydrogen-bond donors (Lipinski definition) is 2. The number of piperidine rings is 1. The summed E-state index contributed by atoms with van der Waals surface area (Å²) in [5.41, 5.74) is 6.50. The number of likely N-dealkylation sites (tertiary alicyclic amines) is 1. The van der Waals surface area contributed by atoms with Crippen LogP contribution >= 0.6 is 24.0 Å². The van der Waals surface area contributed by atoms with Gasteiger partial charge in [-0.15, -0.1) is 12.4 Å². The lowest BCUT2D eigenvalue weighted by atomic mass is 9.80. The molecule has 7 heteroatoms. The fraction of sp³-hybridized carbons (Fsp3) is 0.533. The molecule has 2 rings (SSSR count). The van der Waals surface area contributed by atoms with Crippen molar-refractivity contribution < 1.29 is 9.18 Å². The van der Waals surface area contributed by atoms with Crippen LogP contribution in [0.15, 0.2) is 18.2 Å². The zero-order chi connectivity index (χ0) is 15.6. The molecule has 3 N–H and O–H groups in total. The standard InChI is InChI=1S/C15H21ClFN3O.ClH/c1-15(2)9-20(6-5-13(15)18)8-14(21)19-12-4-3-10(17)7-11(12)16;/h3-4,7,13H,5-6,8-9,18H2,1-2H3,(H,19,21);1H. The second kappa shape index (κ2) is 7.59. The highest BCUT2D eigenvalue weighted by atomic mass is 35.5. The van der Waals surface area contributed by atoms with E-state index in [2.05, 4.69) is 24.1 Å². The summed E-state index contributed by atoms with van der Waals surface area (Å²) < 4.78 is 13.0. The lowest BCUT2D eigenvalue weighted by Gasteiger charge is -2.42. The van der Waals surface area contributed by atoms with Crippen molar-refractivity contribution in [1.29, 1.82) is 0 Å².